The van der Waals surface area contributed by atoms with E-state index in [1.54, 1.807) is 0 Å². The van der Waals surface area contributed by atoms with Crippen molar-refractivity contribution in [1.82, 2.24) is 10.6 Å². The monoisotopic (exact) mass is 226 g/mol. The molecule has 0 spiro atoms. The van der Waals surface area contributed by atoms with Gasteiger partial charge in [0.15, 0.2) is 0 Å². The van der Waals surface area contributed by atoms with E-state index in [0.717, 1.165) is 23.8 Å². The molecule has 2 N–H and O–H groups in total. The maximum absolute atomic E-state index is 3.41. The third-order valence-corrected chi connectivity index (χ3v) is 4.37. The Kier molecular flexibility index (Phi) is 6.37. The lowest BCUT2D eigenvalue weighted by molar-refractivity contribution is 0.420. The van der Waals surface area contributed by atoms with Crippen LogP contribution in [0.5, 0.6) is 0 Å². The van der Waals surface area contributed by atoms with Crippen molar-refractivity contribution >= 4 is 0 Å². The Morgan fingerprint density at radius 2 is 1.94 bits per heavy atom. The summed E-state index contributed by atoms with van der Waals surface area (Å²) >= 11 is 0. The maximum Gasteiger partial charge on any atom is 0.0124 e. The van der Waals surface area contributed by atoms with Crippen LogP contribution in [0.3, 0.4) is 0 Å². The lowest BCUT2D eigenvalue weighted by Gasteiger charge is -2.13. The van der Waals surface area contributed by atoms with E-state index in [1.807, 2.05) is 0 Å². The van der Waals surface area contributed by atoms with Gasteiger partial charge in [0.2, 0.25) is 0 Å². The number of nitrogens with one attached hydrogen (secondary N) is 2. The number of hydrogen-bond acceptors (Lipinski definition) is 2. The zero-order valence-electron chi connectivity index (χ0n) is 11.6. The van der Waals surface area contributed by atoms with Crippen LogP contribution in [0.2, 0.25) is 0 Å². The fraction of sp³-hybridized carbons (Fsp3) is 1.00. The normalized spacial score (nSPS) is 30.4. The van der Waals surface area contributed by atoms with Gasteiger partial charge in [-0.3, -0.25) is 0 Å². The molecule has 1 aliphatic carbocycles. The van der Waals surface area contributed by atoms with Gasteiger partial charge >= 0.3 is 0 Å². The van der Waals surface area contributed by atoms with Crippen molar-refractivity contribution in [3.05, 3.63) is 0 Å². The van der Waals surface area contributed by atoms with E-state index < -0.39 is 0 Å². The molecule has 0 amide bonds. The Labute approximate surface area is 102 Å². The highest BCUT2D eigenvalue weighted by atomic mass is 15.0. The quantitative estimate of drug-likeness (QED) is 0.591. The summed E-state index contributed by atoms with van der Waals surface area (Å²) in [6, 6.07) is 0.819. The fourth-order valence-electron chi connectivity index (χ4n) is 3.02. The molecule has 0 aromatic carbocycles. The van der Waals surface area contributed by atoms with E-state index >= 15 is 0 Å². The molecule has 0 aromatic heterocycles. The molecule has 0 heterocycles. The first kappa shape index (κ1) is 14.0. The van der Waals surface area contributed by atoms with Crippen LogP contribution in [-0.4, -0.2) is 26.7 Å². The van der Waals surface area contributed by atoms with Crippen LogP contribution in [0.15, 0.2) is 0 Å². The van der Waals surface area contributed by atoms with Gasteiger partial charge in [0.1, 0.15) is 0 Å². The van der Waals surface area contributed by atoms with Crippen LogP contribution < -0.4 is 10.6 Å². The molecular weight excluding hydrogens is 196 g/mol. The molecule has 2 heteroatoms. The molecule has 4 unspecified atom stereocenters. The van der Waals surface area contributed by atoms with E-state index in [9.17, 15) is 0 Å². The number of rotatable bonds is 9. The second kappa shape index (κ2) is 7.29. The van der Waals surface area contributed by atoms with Gasteiger partial charge in [-0.1, -0.05) is 33.1 Å². The molecule has 1 rings (SSSR count). The molecule has 1 aliphatic rings. The predicted octanol–water partition coefficient (Wildman–Crippen LogP) is 2.65. The summed E-state index contributed by atoms with van der Waals surface area (Å²) in [6.45, 7) is 5.87. The Balaban J connectivity index is 1.99. The van der Waals surface area contributed by atoms with Gasteiger partial charge in [-0.2, -0.15) is 0 Å². The molecule has 0 radical (unpaired) electrons. The predicted molar refractivity (Wildman–Crippen MR) is 71.7 cm³/mol. The SMILES string of the molecule is CCC(CCCCC1C(C)C1NC)CNC. The Morgan fingerprint density at radius 3 is 2.44 bits per heavy atom. The van der Waals surface area contributed by atoms with Crippen molar-refractivity contribution in [2.75, 3.05) is 20.6 Å². The molecule has 4 atom stereocenters. The third kappa shape index (κ3) is 4.06. The summed E-state index contributed by atoms with van der Waals surface area (Å²) in [4.78, 5) is 0. The minimum Gasteiger partial charge on any atom is -0.319 e. The molecule has 0 aliphatic heterocycles. The summed E-state index contributed by atoms with van der Waals surface area (Å²) in [6.07, 6.45) is 7.00. The van der Waals surface area contributed by atoms with Crippen LogP contribution in [0.4, 0.5) is 0 Å². The van der Waals surface area contributed by atoms with Crippen LogP contribution >= 0.6 is 0 Å². The molecule has 16 heavy (non-hydrogen) atoms. The molecule has 1 fully saturated rings. The largest absolute Gasteiger partial charge is 0.319 e. The summed E-state index contributed by atoms with van der Waals surface area (Å²) in [5.41, 5.74) is 0. The van der Waals surface area contributed by atoms with Crippen LogP contribution in [0, 0.1) is 17.8 Å². The summed E-state index contributed by atoms with van der Waals surface area (Å²) in [7, 11) is 4.16. The van der Waals surface area contributed by atoms with E-state index in [-0.39, 0.29) is 0 Å². The third-order valence-electron chi connectivity index (χ3n) is 4.37. The van der Waals surface area contributed by atoms with Crippen molar-refractivity contribution in [2.45, 2.75) is 52.0 Å². The first-order valence-electron chi connectivity index (χ1n) is 7.06. The molecule has 1 saturated carbocycles. The smallest absolute Gasteiger partial charge is 0.0124 e. The molecule has 2 nitrogen and oxygen atoms in total. The van der Waals surface area contributed by atoms with E-state index in [4.69, 9.17) is 0 Å². The van der Waals surface area contributed by atoms with Crippen LogP contribution in [0.25, 0.3) is 0 Å². The molecule has 0 aromatic rings. The van der Waals surface area contributed by atoms with Gasteiger partial charge < -0.3 is 10.6 Å². The lowest BCUT2D eigenvalue weighted by atomic mass is 9.98. The molecule has 0 bridgehead atoms. The van der Waals surface area contributed by atoms with Crippen LogP contribution in [-0.2, 0) is 0 Å². The van der Waals surface area contributed by atoms with Gasteiger partial charge in [-0.25, -0.2) is 0 Å². The first-order chi connectivity index (χ1) is 7.74. The highest BCUT2D eigenvalue weighted by Gasteiger charge is 2.44. The average Bonchev–Trinajstić information content (AvgIpc) is 2.92. The van der Waals surface area contributed by atoms with Crippen molar-refractivity contribution in [2.24, 2.45) is 17.8 Å². The van der Waals surface area contributed by atoms with Crippen molar-refractivity contribution in [1.29, 1.82) is 0 Å². The molecular formula is C14H30N2. The zero-order valence-corrected chi connectivity index (χ0v) is 11.6. The maximum atomic E-state index is 3.41. The highest BCUT2D eigenvalue weighted by molar-refractivity contribution is 4.99. The second-order valence-electron chi connectivity index (χ2n) is 5.45. The Hall–Kier alpha value is -0.0800. The summed E-state index contributed by atoms with van der Waals surface area (Å²) in [5, 5.41) is 6.70. The van der Waals surface area contributed by atoms with Crippen molar-refractivity contribution in [3.8, 4) is 0 Å². The first-order valence-corrected chi connectivity index (χ1v) is 7.06. The van der Waals surface area contributed by atoms with E-state index in [1.165, 1.54) is 38.6 Å². The van der Waals surface area contributed by atoms with Crippen molar-refractivity contribution in [3.63, 3.8) is 0 Å². The van der Waals surface area contributed by atoms with Crippen molar-refractivity contribution < 1.29 is 0 Å². The van der Waals surface area contributed by atoms with E-state index in [0.29, 0.717) is 0 Å². The molecule has 96 valence electrons. The minimum absolute atomic E-state index is 0.819. The second-order valence-corrected chi connectivity index (χ2v) is 5.45. The van der Waals surface area contributed by atoms with Gasteiger partial charge in [0, 0.05) is 6.04 Å². The standard InChI is InChI=1S/C14H30N2/c1-5-12(10-15-3)8-6-7-9-13-11(2)14(13)16-4/h11-16H,5-10H2,1-4H3. The topological polar surface area (TPSA) is 24.1 Å². The van der Waals surface area contributed by atoms with Gasteiger partial charge in [0.05, 0.1) is 0 Å². The average molecular weight is 226 g/mol. The Morgan fingerprint density at radius 1 is 1.19 bits per heavy atom. The molecule has 0 saturated heterocycles. The highest BCUT2D eigenvalue weighted by Crippen LogP contribution is 2.42. The van der Waals surface area contributed by atoms with E-state index in [2.05, 4.69) is 38.6 Å². The Bertz CT molecular complexity index is 178. The van der Waals surface area contributed by atoms with Gasteiger partial charge in [-0.15, -0.1) is 0 Å². The van der Waals surface area contributed by atoms with Gasteiger partial charge in [-0.05, 0) is 51.2 Å². The van der Waals surface area contributed by atoms with Gasteiger partial charge in [0.25, 0.3) is 0 Å². The zero-order chi connectivity index (χ0) is 12.0. The number of hydrogen-bond donors (Lipinski definition) is 2. The lowest BCUT2D eigenvalue weighted by Crippen LogP contribution is -2.18. The number of unbranched alkanes of at least 4 members (excludes halogenated alkanes) is 1. The van der Waals surface area contributed by atoms with Crippen LogP contribution in [0.1, 0.15) is 46.0 Å². The summed E-state index contributed by atoms with van der Waals surface area (Å²) < 4.78 is 0. The summed E-state index contributed by atoms with van der Waals surface area (Å²) in [5.74, 6) is 2.78. The minimum atomic E-state index is 0.819. The fourth-order valence-corrected chi connectivity index (χ4v) is 3.02.